The van der Waals surface area contributed by atoms with Gasteiger partial charge in [0, 0.05) is 10.9 Å². The summed E-state index contributed by atoms with van der Waals surface area (Å²) in [5.41, 5.74) is -3.49. The van der Waals surface area contributed by atoms with E-state index in [4.69, 9.17) is 11.6 Å². The second kappa shape index (κ2) is 8.63. The topological polar surface area (TPSA) is 73.1 Å². The summed E-state index contributed by atoms with van der Waals surface area (Å²) in [4.78, 5) is 13.3. The predicted molar refractivity (Wildman–Crippen MR) is 111 cm³/mol. The quantitative estimate of drug-likeness (QED) is 0.576. The van der Waals surface area contributed by atoms with Crippen LogP contribution in [0.2, 0.25) is 5.02 Å². The molecule has 0 aliphatic carbocycles. The molecule has 0 spiro atoms. The van der Waals surface area contributed by atoms with Crippen molar-refractivity contribution in [1.82, 2.24) is 5.32 Å². The number of rotatable bonds is 5. The first-order valence-corrected chi connectivity index (χ1v) is 11.1. The first-order chi connectivity index (χ1) is 14.2. The first kappa shape index (κ1) is 22.7. The van der Waals surface area contributed by atoms with Gasteiger partial charge in [-0.15, -0.1) is 23.1 Å². The van der Waals surface area contributed by atoms with Gasteiger partial charge in [-0.1, -0.05) is 42.8 Å². The molecule has 1 aliphatic heterocycles. The lowest BCUT2D eigenvalue weighted by Gasteiger charge is -2.45. The molecule has 3 atom stereocenters. The Bertz CT molecular complexity index is 1020. The maximum Gasteiger partial charge on any atom is 0.437 e. The average molecular weight is 473 g/mol. The monoisotopic (exact) mass is 472 g/mol. The zero-order chi connectivity index (χ0) is 22.1. The van der Waals surface area contributed by atoms with Gasteiger partial charge in [0.05, 0.1) is 27.5 Å². The van der Waals surface area contributed by atoms with E-state index in [1.807, 2.05) is 6.07 Å². The number of thiophene rings is 1. The van der Waals surface area contributed by atoms with Gasteiger partial charge >= 0.3 is 6.18 Å². The number of nitrogens with zero attached hydrogens (tertiary/aromatic N) is 1. The molecule has 30 heavy (non-hydrogen) atoms. The Labute approximate surface area is 184 Å². The van der Waals surface area contributed by atoms with Crippen LogP contribution in [0.3, 0.4) is 0 Å². The molecule has 1 aliphatic rings. The van der Waals surface area contributed by atoms with E-state index in [0.29, 0.717) is 5.75 Å². The van der Waals surface area contributed by atoms with Crippen molar-refractivity contribution in [3.05, 3.63) is 67.8 Å². The van der Waals surface area contributed by atoms with Crippen molar-refractivity contribution in [2.45, 2.75) is 24.7 Å². The molecule has 0 radical (unpaired) electrons. The van der Waals surface area contributed by atoms with Gasteiger partial charge < -0.3 is 10.4 Å². The summed E-state index contributed by atoms with van der Waals surface area (Å²) < 4.78 is 42.6. The van der Waals surface area contributed by atoms with E-state index >= 15 is 0 Å². The fourth-order valence-corrected chi connectivity index (χ4v) is 5.27. The summed E-state index contributed by atoms with van der Waals surface area (Å²) in [6.07, 6.45) is -5.20. The minimum atomic E-state index is -5.20. The number of halogens is 4. The molecule has 1 aromatic heterocycles. The average Bonchev–Trinajstić information content (AvgIpc) is 3.22. The fraction of sp³-hybridized carbons (Fsp3) is 0.300. The van der Waals surface area contributed by atoms with E-state index in [-0.39, 0.29) is 26.1 Å². The zero-order valence-corrected chi connectivity index (χ0v) is 17.9. The van der Waals surface area contributed by atoms with Crippen molar-refractivity contribution < 1.29 is 23.1 Å². The Hall–Kier alpha value is -1.99. The second-order valence-electron chi connectivity index (χ2n) is 6.50. The number of benzene rings is 1. The van der Waals surface area contributed by atoms with Gasteiger partial charge in [0.2, 0.25) is 5.72 Å². The summed E-state index contributed by atoms with van der Waals surface area (Å²) in [7, 11) is 0. The SMILES string of the molecule is CCSC1=C(C#N)[C@H](c2ccccc2Cl)[C@H](C(=O)c2cccs2)[C@@](O)(C(F)(F)F)N1. The number of carbonyl (C=O) groups is 1. The van der Waals surface area contributed by atoms with E-state index in [1.54, 1.807) is 24.4 Å². The molecule has 158 valence electrons. The van der Waals surface area contributed by atoms with E-state index in [1.165, 1.54) is 24.3 Å². The zero-order valence-electron chi connectivity index (χ0n) is 15.5. The number of nitrogens with one attached hydrogen (secondary N) is 1. The van der Waals surface area contributed by atoms with Crippen LogP contribution in [0.15, 0.2) is 52.4 Å². The molecular weight excluding hydrogens is 457 g/mol. The lowest BCUT2D eigenvalue weighted by molar-refractivity contribution is -0.285. The number of hydrogen-bond donors (Lipinski definition) is 2. The summed E-state index contributed by atoms with van der Waals surface area (Å²) in [5.74, 6) is -4.01. The van der Waals surface area contributed by atoms with Crippen molar-refractivity contribution in [2.24, 2.45) is 5.92 Å². The lowest BCUT2D eigenvalue weighted by atomic mass is 9.70. The molecule has 2 aromatic rings. The van der Waals surface area contributed by atoms with Gasteiger partial charge in [-0.2, -0.15) is 18.4 Å². The Morgan fingerprint density at radius 2 is 2.07 bits per heavy atom. The number of nitriles is 1. The van der Waals surface area contributed by atoms with Crippen LogP contribution in [0.1, 0.15) is 28.1 Å². The first-order valence-electron chi connectivity index (χ1n) is 8.82. The molecular formula is C20H16ClF3N2O2S2. The van der Waals surface area contributed by atoms with Crippen molar-refractivity contribution >= 4 is 40.5 Å². The minimum absolute atomic E-state index is 0.0467. The molecule has 2 heterocycles. The number of hydrogen-bond acceptors (Lipinski definition) is 6. The van der Waals surface area contributed by atoms with Crippen LogP contribution >= 0.6 is 34.7 Å². The van der Waals surface area contributed by atoms with Crippen LogP contribution < -0.4 is 5.32 Å². The van der Waals surface area contributed by atoms with Crippen molar-refractivity contribution in [3.8, 4) is 6.07 Å². The molecule has 0 saturated carbocycles. The Morgan fingerprint density at radius 1 is 1.37 bits per heavy atom. The van der Waals surface area contributed by atoms with Gasteiger partial charge in [0.15, 0.2) is 5.78 Å². The van der Waals surface area contributed by atoms with Gasteiger partial charge in [-0.25, -0.2) is 0 Å². The highest BCUT2D eigenvalue weighted by Gasteiger charge is 2.66. The molecule has 0 amide bonds. The van der Waals surface area contributed by atoms with Gasteiger partial charge in [-0.05, 0) is 28.8 Å². The summed E-state index contributed by atoms with van der Waals surface area (Å²) in [5, 5.41) is 24.4. The molecule has 0 unspecified atom stereocenters. The van der Waals surface area contributed by atoms with E-state index < -0.39 is 29.5 Å². The molecule has 2 N–H and O–H groups in total. The fourth-order valence-electron chi connectivity index (χ4n) is 3.47. The molecule has 4 nitrogen and oxygen atoms in total. The van der Waals surface area contributed by atoms with E-state index in [2.05, 4.69) is 5.32 Å². The summed E-state index contributed by atoms with van der Waals surface area (Å²) >= 11 is 8.19. The standard InChI is InChI=1S/C20H16ClF3N2O2S2/c1-2-29-18-12(10-25)15(11-6-3-4-7-13(11)21)16(17(27)14-8-5-9-30-14)19(28,26-18)20(22,23)24/h3-9,15-16,26,28H,2H2,1H3/t15-,16+,19+/m0/s1. The third-order valence-corrected chi connectivity index (χ3v) is 6.90. The molecule has 0 saturated heterocycles. The molecule has 0 fully saturated rings. The van der Waals surface area contributed by atoms with Gasteiger partial charge in [-0.3, -0.25) is 4.79 Å². The number of carbonyl (C=O) groups excluding carboxylic acids is 1. The van der Waals surface area contributed by atoms with Crippen molar-refractivity contribution in [3.63, 3.8) is 0 Å². The van der Waals surface area contributed by atoms with Crippen LogP contribution in [-0.2, 0) is 0 Å². The highest BCUT2D eigenvalue weighted by molar-refractivity contribution is 8.03. The highest BCUT2D eigenvalue weighted by Crippen LogP contribution is 2.52. The predicted octanol–water partition coefficient (Wildman–Crippen LogP) is 5.33. The lowest BCUT2D eigenvalue weighted by Crippen LogP contribution is -2.66. The van der Waals surface area contributed by atoms with Crippen LogP contribution in [0.25, 0.3) is 0 Å². The molecule has 10 heteroatoms. The Kier molecular flexibility index (Phi) is 6.53. The van der Waals surface area contributed by atoms with E-state index in [0.717, 1.165) is 23.1 Å². The number of allylic oxidation sites excluding steroid dienone is 1. The van der Waals surface area contributed by atoms with Gasteiger partial charge in [0.25, 0.3) is 0 Å². The molecule has 0 bridgehead atoms. The third kappa shape index (κ3) is 3.85. The van der Waals surface area contributed by atoms with Crippen LogP contribution in [-0.4, -0.2) is 28.5 Å². The minimum Gasteiger partial charge on any atom is -0.363 e. The molecule has 1 aromatic carbocycles. The second-order valence-corrected chi connectivity index (χ2v) is 9.12. The van der Waals surface area contributed by atoms with Gasteiger partial charge in [0.1, 0.15) is 0 Å². The van der Waals surface area contributed by atoms with Crippen molar-refractivity contribution in [2.75, 3.05) is 5.75 Å². The third-order valence-electron chi connectivity index (χ3n) is 4.77. The smallest absolute Gasteiger partial charge is 0.363 e. The number of ketones is 1. The maximum atomic E-state index is 14.2. The number of thioether (sulfide) groups is 1. The van der Waals surface area contributed by atoms with Crippen LogP contribution in [0, 0.1) is 17.2 Å². The summed E-state index contributed by atoms with van der Waals surface area (Å²) in [6.45, 7) is 1.70. The largest absolute Gasteiger partial charge is 0.437 e. The number of Topliss-reactive ketones (excluding diaryl/α,β-unsaturated/α-hetero) is 1. The van der Waals surface area contributed by atoms with Crippen molar-refractivity contribution in [1.29, 1.82) is 5.26 Å². The highest BCUT2D eigenvalue weighted by atomic mass is 35.5. The number of aliphatic hydroxyl groups is 1. The molecule has 3 rings (SSSR count). The maximum absolute atomic E-state index is 14.2. The van der Waals surface area contributed by atoms with E-state index in [9.17, 15) is 28.3 Å². The summed E-state index contributed by atoms with van der Waals surface area (Å²) in [6, 6.07) is 11.0. The number of alkyl halides is 3. The Morgan fingerprint density at radius 3 is 2.60 bits per heavy atom. The Balaban J connectivity index is 2.35. The van der Waals surface area contributed by atoms with Crippen LogP contribution in [0.4, 0.5) is 13.2 Å². The normalized spacial score (nSPS) is 24.3. The van der Waals surface area contributed by atoms with Crippen LogP contribution in [0.5, 0.6) is 0 Å².